The molecular formula is C12H22N2O6S. The maximum absolute atomic E-state index is 12.0. The van der Waals surface area contributed by atoms with E-state index in [0.29, 0.717) is 13.2 Å². The van der Waals surface area contributed by atoms with Crippen LogP contribution in [0.5, 0.6) is 0 Å². The van der Waals surface area contributed by atoms with Gasteiger partial charge in [0, 0.05) is 19.5 Å². The Bertz CT molecular complexity index is 470. The van der Waals surface area contributed by atoms with Gasteiger partial charge < -0.3 is 15.2 Å². The zero-order valence-electron chi connectivity index (χ0n) is 12.2. The fourth-order valence-corrected chi connectivity index (χ4v) is 3.34. The Kier molecular flexibility index (Phi) is 6.56. The van der Waals surface area contributed by atoms with Crippen molar-refractivity contribution in [1.29, 1.82) is 0 Å². The lowest BCUT2D eigenvalue weighted by atomic mass is 10.0. The number of ether oxygens (including phenoxy) is 1. The molecule has 0 saturated carbocycles. The SMILES string of the molecule is CC(C)[C@H](NC(=O)CCS(=O)(=O)N1CCOCC1)C(=O)O. The fraction of sp³-hybridized carbons (Fsp3) is 0.833. The van der Waals surface area contributed by atoms with Crippen molar-refractivity contribution in [3.8, 4) is 0 Å². The molecule has 1 aliphatic heterocycles. The largest absolute Gasteiger partial charge is 0.480 e. The Morgan fingerprint density at radius 2 is 1.86 bits per heavy atom. The molecule has 1 heterocycles. The predicted octanol–water partition coefficient (Wildman–Crippen LogP) is -0.736. The molecular weight excluding hydrogens is 300 g/mol. The predicted molar refractivity (Wildman–Crippen MR) is 75.2 cm³/mol. The number of carboxylic acid groups (broad SMARTS) is 1. The van der Waals surface area contributed by atoms with E-state index in [-0.39, 0.29) is 31.2 Å². The topological polar surface area (TPSA) is 113 Å². The average Bonchev–Trinajstić information content (AvgIpc) is 2.43. The molecule has 2 N–H and O–H groups in total. The number of hydrogen-bond donors (Lipinski definition) is 2. The van der Waals surface area contributed by atoms with Gasteiger partial charge in [0.15, 0.2) is 0 Å². The van der Waals surface area contributed by atoms with Gasteiger partial charge in [-0.25, -0.2) is 13.2 Å². The number of carbonyl (C=O) groups is 2. The van der Waals surface area contributed by atoms with Crippen LogP contribution in [-0.2, 0) is 24.3 Å². The third-order valence-corrected chi connectivity index (χ3v) is 5.07. The normalized spacial score (nSPS) is 18.4. The van der Waals surface area contributed by atoms with Crippen molar-refractivity contribution < 1.29 is 27.9 Å². The molecule has 0 aromatic heterocycles. The van der Waals surface area contributed by atoms with Crippen molar-refractivity contribution in [2.75, 3.05) is 32.1 Å². The lowest BCUT2D eigenvalue weighted by molar-refractivity contribution is -0.143. The summed E-state index contributed by atoms with van der Waals surface area (Å²) in [6.07, 6.45) is -0.254. The van der Waals surface area contributed by atoms with Crippen LogP contribution in [0.4, 0.5) is 0 Å². The van der Waals surface area contributed by atoms with Gasteiger partial charge in [-0.1, -0.05) is 13.8 Å². The maximum Gasteiger partial charge on any atom is 0.326 e. The van der Waals surface area contributed by atoms with E-state index in [0.717, 1.165) is 0 Å². The molecule has 8 nitrogen and oxygen atoms in total. The van der Waals surface area contributed by atoms with E-state index in [1.54, 1.807) is 13.8 Å². The van der Waals surface area contributed by atoms with Crippen molar-refractivity contribution in [2.24, 2.45) is 5.92 Å². The summed E-state index contributed by atoms with van der Waals surface area (Å²) >= 11 is 0. The summed E-state index contributed by atoms with van der Waals surface area (Å²) in [5.41, 5.74) is 0. The Morgan fingerprint density at radius 1 is 1.29 bits per heavy atom. The zero-order valence-corrected chi connectivity index (χ0v) is 13.1. The molecule has 1 rings (SSSR count). The molecule has 1 atom stereocenters. The minimum absolute atomic E-state index is 0.254. The average molecular weight is 322 g/mol. The molecule has 0 bridgehead atoms. The van der Waals surface area contributed by atoms with Gasteiger partial charge in [0.1, 0.15) is 6.04 Å². The number of hydrogen-bond acceptors (Lipinski definition) is 5. The molecule has 0 aliphatic carbocycles. The second-order valence-corrected chi connectivity index (χ2v) is 7.29. The minimum Gasteiger partial charge on any atom is -0.480 e. The molecule has 122 valence electrons. The molecule has 0 spiro atoms. The highest BCUT2D eigenvalue weighted by Crippen LogP contribution is 2.08. The first-order valence-electron chi connectivity index (χ1n) is 6.82. The van der Waals surface area contributed by atoms with Gasteiger partial charge in [0.05, 0.1) is 19.0 Å². The molecule has 0 unspecified atom stereocenters. The quantitative estimate of drug-likeness (QED) is 0.638. The van der Waals surface area contributed by atoms with E-state index in [1.165, 1.54) is 4.31 Å². The fourth-order valence-electron chi connectivity index (χ4n) is 1.93. The number of nitrogens with one attached hydrogen (secondary N) is 1. The number of sulfonamides is 1. The monoisotopic (exact) mass is 322 g/mol. The Labute approximate surface area is 124 Å². The van der Waals surface area contributed by atoms with Gasteiger partial charge in [0.25, 0.3) is 0 Å². The van der Waals surface area contributed by atoms with Crippen molar-refractivity contribution in [2.45, 2.75) is 26.3 Å². The van der Waals surface area contributed by atoms with Crippen LogP contribution in [0, 0.1) is 5.92 Å². The summed E-state index contributed by atoms with van der Waals surface area (Å²) < 4.78 is 30.4. The van der Waals surface area contributed by atoms with Gasteiger partial charge in [0.2, 0.25) is 15.9 Å². The third kappa shape index (κ3) is 5.60. The van der Waals surface area contributed by atoms with E-state index in [1.807, 2.05) is 0 Å². The van der Waals surface area contributed by atoms with Gasteiger partial charge >= 0.3 is 5.97 Å². The number of rotatable bonds is 7. The molecule has 21 heavy (non-hydrogen) atoms. The summed E-state index contributed by atoms with van der Waals surface area (Å²) in [7, 11) is -3.51. The van der Waals surface area contributed by atoms with Crippen LogP contribution < -0.4 is 5.32 Å². The molecule has 1 amide bonds. The van der Waals surface area contributed by atoms with Crippen molar-refractivity contribution in [1.82, 2.24) is 9.62 Å². The summed E-state index contributed by atoms with van der Waals surface area (Å²) in [6.45, 7) is 4.61. The van der Waals surface area contributed by atoms with Crippen LogP contribution in [-0.4, -0.2) is 67.8 Å². The van der Waals surface area contributed by atoms with Crippen molar-refractivity contribution in [3.63, 3.8) is 0 Å². The number of carboxylic acids is 1. The lowest BCUT2D eigenvalue weighted by Gasteiger charge is -2.26. The molecule has 0 aromatic rings. The van der Waals surface area contributed by atoms with E-state index in [9.17, 15) is 18.0 Å². The summed E-state index contributed by atoms with van der Waals surface area (Å²) in [5.74, 6) is -2.31. The number of morpholine rings is 1. The number of aliphatic carboxylic acids is 1. The highest BCUT2D eigenvalue weighted by molar-refractivity contribution is 7.89. The standard InChI is InChI=1S/C12H22N2O6S/c1-9(2)11(12(16)17)13-10(15)3-8-21(18,19)14-4-6-20-7-5-14/h9,11H,3-8H2,1-2H3,(H,13,15)(H,16,17)/t11-/m0/s1. The zero-order chi connectivity index (χ0) is 16.0. The minimum atomic E-state index is -3.51. The van der Waals surface area contributed by atoms with E-state index in [4.69, 9.17) is 9.84 Å². The maximum atomic E-state index is 12.0. The highest BCUT2D eigenvalue weighted by atomic mass is 32.2. The number of amides is 1. The lowest BCUT2D eigenvalue weighted by Crippen LogP contribution is -2.46. The van der Waals surface area contributed by atoms with Gasteiger partial charge in [-0.15, -0.1) is 0 Å². The van der Waals surface area contributed by atoms with Crippen LogP contribution in [0.2, 0.25) is 0 Å². The van der Waals surface area contributed by atoms with Gasteiger partial charge in [-0.05, 0) is 5.92 Å². The van der Waals surface area contributed by atoms with Crippen molar-refractivity contribution in [3.05, 3.63) is 0 Å². The van der Waals surface area contributed by atoms with E-state index >= 15 is 0 Å². The van der Waals surface area contributed by atoms with E-state index < -0.39 is 27.9 Å². The van der Waals surface area contributed by atoms with Crippen LogP contribution in [0.25, 0.3) is 0 Å². The molecule has 1 aliphatic rings. The van der Waals surface area contributed by atoms with Crippen LogP contribution in [0.15, 0.2) is 0 Å². The molecule has 1 fully saturated rings. The molecule has 0 radical (unpaired) electrons. The summed E-state index contributed by atoms with van der Waals surface area (Å²) in [4.78, 5) is 22.7. The number of carbonyl (C=O) groups excluding carboxylic acids is 1. The smallest absolute Gasteiger partial charge is 0.326 e. The molecule has 1 saturated heterocycles. The highest BCUT2D eigenvalue weighted by Gasteiger charge is 2.27. The first kappa shape index (κ1) is 17.9. The second kappa shape index (κ2) is 7.71. The Morgan fingerprint density at radius 3 is 2.33 bits per heavy atom. The Hall–Kier alpha value is -1.19. The van der Waals surface area contributed by atoms with Gasteiger partial charge in [-0.3, -0.25) is 4.79 Å². The van der Waals surface area contributed by atoms with Crippen LogP contribution in [0.1, 0.15) is 20.3 Å². The van der Waals surface area contributed by atoms with Gasteiger partial charge in [-0.2, -0.15) is 4.31 Å². The number of nitrogens with zero attached hydrogens (tertiary/aromatic N) is 1. The van der Waals surface area contributed by atoms with Crippen molar-refractivity contribution >= 4 is 21.9 Å². The molecule has 9 heteroatoms. The first-order chi connectivity index (χ1) is 9.74. The van der Waals surface area contributed by atoms with Crippen LogP contribution in [0.3, 0.4) is 0 Å². The first-order valence-corrected chi connectivity index (χ1v) is 8.42. The summed E-state index contributed by atoms with van der Waals surface area (Å²) in [6, 6.07) is -1.01. The summed E-state index contributed by atoms with van der Waals surface area (Å²) in [5, 5.41) is 11.3. The second-order valence-electron chi connectivity index (χ2n) is 5.20. The Balaban J connectivity index is 2.49. The van der Waals surface area contributed by atoms with E-state index in [2.05, 4.69) is 5.32 Å². The van der Waals surface area contributed by atoms with Crippen LogP contribution >= 0.6 is 0 Å². The molecule has 0 aromatic carbocycles. The third-order valence-electron chi connectivity index (χ3n) is 3.20.